The highest BCUT2D eigenvalue weighted by atomic mass is 16.7. The van der Waals surface area contributed by atoms with Crippen molar-refractivity contribution in [2.75, 3.05) is 26.3 Å². The van der Waals surface area contributed by atoms with Gasteiger partial charge in [0.2, 0.25) is 11.8 Å². The van der Waals surface area contributed by atoms with Crippen LogP contribution in [-0.2, 0) is 25.6 Å². The number of hydrogen-bond donors (Lipinski definition) is 0. The van der Waals surface area contributed by atoms with Gasteiger partial charge in [0.15, 0.2) is 5.79 Å². The smallest absolute Gasteiger partial charge is 0.232 e. The first-order chi connectivity index (χ1) is 12.5. The standard InChI is InChI=1S/C20H28N2O4/c1-16(2)22(15-17-6-4-3-5-7-17)19(24)14-18(23)21-10-8-20(9-11-21)25-12-13-26-20/h3-7,16H,8-15H2,1-2H3. The number of carbonyl (C=O) groups excluding carboxylic acids is 2. The number of rotatable bonds is 5. The maximum Gasteiger partial charge on any atom is 0.232 e. The van der Waals surface area contributed by atoms with Crippen LogP contribution in [0.5, 0.6) is 0 Å². The molecule has 0 saturated carbocycles. The summed E-state index contributed by atoms with van der Waals surface area (Å²) in [7, 11) is 0. The van der Waals surface area contributed by atoms with Crippen molar-refractivity contribution >= 4 is 11.8 Å². The number of hydrogen-bond acceptors (Lipinski definition) is 4. The lowest BCUT2D eigenvalue weighted by atomic mass is 10.0. The van der Waals surface area contributed by atoms with Crippen LogP contribution in [0, 0.1) is 0 Å². The van der Waals surface area contributed by atoms with Gasteiger partial charge >= 0.3 is 0 Å². The second kappa shape index (κ2) is 8.18. The fourth-order valence-electron chi connectivity index (χ4n) is 3.56. The first-order valence-electron chi connectivity index (χ1n) is 9.38. The molecule has 2 fully saturated rings. The van der Waals surface area contributed by atoms with Crippen LogP contribution in [0.4, 0.5) is 0 Å². The molecule has 142 valence electrons. The molecule has 0 N–H and O–H groups in total. The van der Waals surface area contributed by atoms with Crippen molar-refractivity contribution in [3.63, 3.8) is 0 Å². The van der Waals surface area contributed by atoms with E-state index in [-0.39, 0.29) is 24.3 Å². The van der Waals surface area contributed by atoms with Crippen molar-refractivity contribution in [1.29, 1.82) is 0 Å². The molecule has 0 unspecified atom stereocenters. The van der Waals surface area contributed by atoms with E-state index in [0.29, 0.717) is 45.7 Å². The van der Waals surface area contributed by atoms with Crippen molar-refractivity contribution in [3.05, 3.63) is 35.9 Å². The average Bonchev–Trinajstić information content (AvgIpc) is 3.08. The summed E-state index contributed by atoms with van der Waals surface area (Å²) in [6.07, 6.45) is 1.26. The van der Waals surface area contributed by atoms with Gasteiger partial charge in [-0.05, 0) is 19.4 Å². The summed E-state index contributed by atoms with van der Waals surface area (Å²) in [5.41, 5.74) is 1.07. The number of benzene rings is 1. The van der Waals surface area contributed by atoms with Crippen LogP contribution >= 0.6 is 0 Å². The zero-order valence-corrected chi connectivity index (χ0v) is 15.6. The summed E-state index contributed by atoms with van der Waals surface area (Å²) >= 11 is 0. The second-order valence-electron chi connectivity index (χ2n) is 7.27. The molecule has 0 bridgehead atoms. The molecule has 6 nitrogen and oxygen atoms in total. The van der Waals surface area contributed by atoms with Crippen LogP contribution in [0.1, 0.15) is 38.7 Å². The Kier molecular flexibility index (Phi) is 5.94. The molecule has 0 aliphatic carbocycles. The predicted octanol–water partition coefficient (Wildman–Crippen LogP) is 2.18. The van der Waals surface area contributed by atoms with Crippen molar-refractivity contribution in [3.8, 4) is 0 Å². The quantitative estimate of drug-likeness (QED) is 0.755. The lowest BCUT2D eigenvalue weighted by Gasteiger charge is -2.37. The zero-order valence-electron chi connectivity index (χ0n) is 15.6. The molecule has 2 aliphatic heterocycles. The van der Waals surface area contributed by atoms with E-state index in [4.69, 9.17) is 9.47 Å². The van der Waals surface area contributed by atoms with Crippen LogP contribution in [-0.4, -0.2) is 59.7 Å². The maximum absolute atomic E-state index is 12.7. The highest BCUT2D eigenvalue weighted by molar-refractivity contribution is 5.97. The van der Waals surface area contributed by atoms with Gasteiger partial charge in [-0.3, -0.25) is 9.59 Å². The van der Waals surface area contributed by atoms with E-state index in [1.807, 2.05) is 44.2 Å². The molecule has 6 heteroatoms. The number of likely N-dealkylation sites (tertiary alicyclic amines) is 1. The Hall–Kier alpha value is -1.92. The van der Waals surface area contributed by atoms with E-state index >= 15 is 0 Å². The topological polar surface area (TPSA) is 59.1 Å². The fourth-order valence-corrected chi connectivity index (χ4v) is 3.56. The molecule has 2 aliphatic rings. The number of piperidine rings is 1. The number of carbonyl (C=O) groups is 2. The summed E-state index contributed by atoms with van der Waals surface area (Å²) in [5.74, 6) is -0.734. The first kappa shape index (κ1) is 18.9. The molecule has 2 heterocycles. The van der Waals surface area contributed by atoms with Crippen LogP contribution in [0.25, 0.3) is 0 Å². The van der Waals surface area contributed by atoms with Gasteiger partial charge < -0.3 is 19.3 Å². The van der Waals surface area contributed by atoms with Crippen LogP contribution < -0.4 is 0 Å². The Morgan fingerprint density at radius 1 is 1.12 bits per heavy atom. The minimum atomic E-state index is -0.502. The molecule has 0 atom stereocenters. The van der Waals surface area contributed by atoms with Crippen molar-refractivity contribution in [2.45, 2.75) is 51.5 Å². The molecule has 1 aromatic carbocycles. The minimum absolute atomic E-state index is 0.0421. The summed E-state index contributed by atoms with van der Waals surface area (Å²) in [6.45, 7) is 6.87. The van der Waals surface area contributed by atoms with E-state index in [1.54, 1.807) is 9.80 Å². The van der Waals surface area contributed by atoms with E-state index in [2.05, 4.69) is 0 Å². The van der Waals surface area contributed by atoms with Gasteiger partial charge in [0, 0.05) is 38.5 Å². The van der Waals surface area contributed by atoms with E-state index in [1.165, 1.54) is 0 Å². The monoisotopic (exact) mass is 360 g/mol. The van der Waals surface area contributed by atoms with Gasteiger partial charge in [0.1, 0.15) is 6.42 Å². The summed E-state index contributed by atoms with van der Waals surface area (Å²) in [5, 5.41) is 0. The molecular weight excluding hydrogens is 332 g/mol. The Morgan fingerprint density at radius 2 is 1.73 bits per heavy atom. The third kappa shape index (κ3) is 4.43. The largest absolute Gasteiger partial charge is 0.347 e. The Morgan fingerprint density at radius 3 is 2.31 bits per heavy atom. The molecule has 2 saturated heterocycles. The summed E-state index contributed by atoms with van der Waals surface area (Å²) in [4.78, 5) is 28.8. The number of amides is 2. The Labute approximate surface area is 155 Å². The Balaban J connectivity index is 1.54. The number of nitrogens with zero attached hydrogens (tertiary/aromatic N) is 2. The maximum atomic E-state index is 12.7. The normalized spacial score (nSPS) is 19.1. The molecule has 2 amide bonds. The minimum Gasteiger partial charge on any atom is -0.347 e. The predicted molar refractivity (Wildman–Crippen MR) is 97.2 cm³/mol. The number of ether oxygens (including phenoxy) is 2. The van der Waals surface area contributed by atoms with E-state index < -0.39 is 5.79 Å². The average molecular weight is 360 g/mol. The summed E-state index contributed by atoms with van der Waals surface area (Å²) < 4.78 is 11.4. The van der Waals surface area contributed by atoms with Gasteiger partial charge in [-0.1, -0.05) is 30.3 Å². The molecule has 26 heavy (non-hydrogen) atoms. The van der Waals surface area contributed by atoms with E-state index in [9.17, 15) is 9.59 Å². The van der Waals surface area contributed by atoms with Gasteiger partial charge in [-0.25, -0.2) is 0 Å². The van der Waals surface area contributed by atoms with Crippen LogP contribution in [0.15, 0.2) is 30.3 Å². The lowest BCUT2D eigenvalue weighted by molar-refractivity contribution is -0.187. The van der Waals surface area contributed by atoms with Crippen LogP contribution in [0.2, 0.25) is 0 Å². The van der Waals surface area contributed by atoms with Gasteiger partial charge in [0.05, 0.1) is 13.2 Å². The molecular formula is C20H28N2O4. The van der Waals surface area contributed by atoms with Gasteiger partial charge in [-0.15, -0.1) is 0 Å². The van der Waals surface area contributed by atoms with Crippen LogP contribution in [0.3, 0.4) is 0 Å². The molecule has 1 aromatic rings. The van der Waals surface area contributed by atoms with Crippen molar-refractivity contribution < 1.29 is 19.1 Å². The fraction of sp³-hybridized carbons (Fsp3) is 0.600. The summed E-state index contributed by atoms with van der Waals surface area (Å²) in [6, 6.07) is 9.91. The van der Waals surface area contributed by atoms with Crippen molar-refractivity contribution in [2.24, 2.45) is 0 Å². The third-order valence-corrected chi connectivity index (χ3v) is 5.13. The van der Waals surface area contributed by atoms with Gasteiger partial charge in [-0.2, -0.15) is 0 Å². The molecule has 1 spiro atoms. The lowest BCUT2D eigenvalue weighted by Crippen LogP contribution is -2.48. The second-order valence-corrected chi connectivity index (χ2v) is 7.27. The molecule has 0 aromatic heterocycles. The first-order valence-corrected chi connectivity index (χ1v) is 9.38. The SMILES string of the molecule is CC(C)N(Cc1ccccc1)C(=O)CC(=O)N1CCC2(CC1)OCCO2. The highest BCUT2D eigenvalue weighted by Crippen LogP contribution is 2.31. The zero-order chi connectivity index (χ0) is 18.6. The van der Waals surface area contributed by atoms with Gasteiger partial charge in [0.25, 0.3) is 0 Å². The Bertz CT molecular complexity index is 616. The van der Waals surface area contributed by atoms with Crippen molar-refractivity contribution in [1.82, 2.24) is 9.80 Å². The third-order valence-electron chi connectivity index (χ3n) is 5.13. The van der Waals surface area contributed by atoms with E-state index in [0.717, 1.165) is 5.56 Å². The highest BCUT2D eigenvalue weighted by Gasteiger charge is 2.41. The molecule has 3 rings (SSSR count). The molecule has 0 radical (unpaired) electrons.